The third-order valence-electron chi connectivity index (χ3n) is 4.45. The van der Waals surface area contributed by atoms with E-state index in [1.54, 1.807) is 0 Å². The van der Waals surface area contributed by atoms with Crippen LogP contribution in [-0.2, 0) is 19.1 Å². The molecular formula is C12H16N2O4. The van der Waals surface area contributed by atoms with E-state index in [0.29, 0.717) is 38.0 Å². The Morgan fingerprint density at radius 1 is 1.00 bits per heavy atom. The fourth-order valence-corrected chi connectivity index (χ4v) is 3.45. The molecule has 6 heteroatoms. The van der Waals surface area contributed by atoms with E-state index in [9.17, 15) is 9.59 Å². The van der Waals surface area contributed by atoms with Gasteiger partial charge in [-0.25, -0.2) is 0 Å². The average Bonchev–Trinajstić information content (AvgIpc) is 2.21. The number of primary amides is 2. The van der Waals surface area contributed by atoms with Crippen LogP contribution in [0.1, 0.15) is 25.7 Å². The molecule has 0 aromatic rings. The summed E-state index contributed by atoms with van der Waals surface area (Å²) in [5.41, 5.74) is 10.0. The molecule has 2 atom stereocenters. The highest BCUT2D eigenvalue weighted by molar-refractivity contribution is 6.05. The average molecular weight is 252 g/mol. The molecular weight excluding hydrogens is 236 g/mol. The van der Waals surface area contributed by atoms with Gasteiger partial charge in [-0.3, -0.25) is 9.59 Å². The summed E-state index contributed by atoms with van der Waals surface area (Å²) in [7, 11) is 0. The van der Waals surface area contributed by atoms with E-state index in [2.05, 4.69) is 0 Å². The monoisotopic (exact) mass is 252 g/mol. The lowest BCUT2D eigenvalue weighted by molar-refractivity contribution is -0.301. The molecule has 3 rings (SSSR count). The van der Waals surface area contributed by atoms with Crippen LogP contribution in [-0.4, -0.2) is 36.2 Å². The molecule has 2 amide bonds. The SMILES string of the molecule is NC(=O)C1=C(C(N)=O)C2(CCO2)C2(CCO2)CC1. The van der Waals surface area contributed by atoms with Gasteiger partial charge in [0, 0.05) is 18.4 Å². The van der Waals surface area contributed by atoms with E-state index in [1.165, 1.54) is 0 Å². The van der Waals surface area contributed by atoms with Crippen LogP contribution in [0, 0.1) is 0 Å². The molecule has 4 N–H and O–H groups in total. The van der Waals surface area contributed by atoms with Gasteiger partial charge in [0.2, 0.25) is 11.8 Å². The normalized spacial score (nSPS) is 38.4. The van der Waals surface area contributed by atoms with Gasteiger partial charge in [-0.2, -0.15) is 0 Å². The van der Waals surface area contributed by atoms with Crippen molar-refractivity contribution in [2.75, 3.05) is 13.2 Å². The molecule has 2 fully saturated rings. The quantitative estimate of drug-likeness (QED) is 0.682. The smallest absolute Gasteiger partial charge is 0.248 e. The summed E-state index contributed by atoms with van der Waals surface area (Å²) in [5, 5.41) is 0. The molecule has 2 heterocycles. The molecule has 2 aliphatic heterocycles. The van der Waals surface area contributed by atoms with Gasteiger partial charge in [0.25, 0.3) is 0 Å². The van der Waals surface area contributed by atoms with Crippen molar-refractivity contribution in [2.45, 2.75) is 36.9 Å². The zero-order chi connectivity index (χ0) is 13.0. The number of fused-ring (bicyclic) bond motifs is 1. The van der Waals surface area contributed by atoms with Gasteiger partial charge < -0.3 is 20.9 Å². The van der Waals surface area contributed by atoms with E-state index >= 15 is 0 Å². The third kappa shape index (κ3) is 1.19. The lowest BCUT2D eigenvalue weighted by Gasteiger charge is -2.61. The molecule has 98 valence electrons. The van der Waals surface area contributed by atoms with Gasteiger partial charge in [-0.15, -0.1) is 0 Å². The number of hydrogen-bond acceptors (Lipinski definition) is 4. The summed E-state index contributed by atoms with van der Waals surface area (Å²) >= 11 is 0. The summed E-state index contributed by atoms with van der Waals surface area (Å²) in [6.45, 7) is 1.21. The maximum Gasteiger partial charge on any atom is 0.248 e. The van der Waals surface area contributed by atoms with Gasteiger partial charge in [-0.1, -0.05) is 0 Å². The van der Waals surface area contributed by atoms with Crippen LogP contribution in [0.25, 0.3) is 0 Å². The molecule has 0 radical (unpaired) electrons. The van der Waals surface area contributed by atoms with E-state index in [4.69, 9.17) is 20.9 Å². The first-order valence-electron chi connectivity index (χ1n) is 6.14. The van der Waals surface area contributed by atoms with E-state index < -0.39 is 23.0 Å². The summed E-state index contributed by atoms with van der Waals surface area (Å²) in [6, 6.07) is 0. The second kappa shape index (κ2) is 3.55. The third-order valence-corrected chi connectivity index (χ3v) is 4.45. The van der Waals surface area contributed by atoms with Crippen molar-refractivity contribution in [2.24, 2.45) is 11.5 Å². The molecule has 2 saturated heterocycles. The van der Waals surface area contributed by atoms with Gasteiger partial charge in [0.1, 0.15) is 11.2 Å². The number of amides is 2. The van der Waals surface area contributed by atoms with Crippen LogP contribution in [0.2, 0.25) is 0 Å². The number of carbonyl (C=O) groups excluding carboxylic acids is 2. The predicted molar refractivity (Wildman–Crippen MR) is 61.2 cm³/mol. The fraction of sp³-hybridized carbons (Fsp3) is 0.667. The summed E-state index contributed by atoms with van der Waals surface area (Å²) in [5.74, 6) is -1.22. The van der Waals surface area contributed by atoms with Crippen molar-refractivity contribution in [3.05, 3.63) is 11.1 Å². The Balaban J connectivity index is 2.14. The number of ether oxygens (including phenoxy) is 2. The minimum absolute atomic E-state index is 0.243. The number of carbonyl (C=O) groups is 2. The zero-order valence-electron chi connectivity index (χ0n) is 10.0. The van der Waals surface area contributed by atoms with Crippen molar-refractivity contribution in [3.63, 3.8) is 0 Å². The second-order valence-corrected chi connectivity index (χ2v) is 5.10. The van der Waals surface area contributed by atoms with Gasteiger partial charge in [0.15, 0.2) is 0 Å². The number of rotatable bonds is 2. The topological polar surface area (TPSA) is 105 Å². The Morgan fingerprint density at radius 3 is 1.94 bits per heavy atom. The molecule has 2 spiro atoms. The predicted octanol–water partition coefficient (Wildman–Crippen LogP) is -0.634. The Morgan fingerprint density at radius 2 is 1.61 bits per heavy atom. The van der Waals surface area contributed by atoms with Crippen LogP contribution in [0.5, 0.6) is 0 Å². The van der Waals surface area contributed by atoms with Crippen molar-refractivity contribution >= 4 is 11.8 Å². The minimum Gasteiger partial charge on any atom is -0.371 e. The first kappa shape index (κ1) is 11.7. The highest BCUT2D eigenvalue weighted by atomic mass is 16.6. The number of nitrogens with two attached hydrogens (primary N) is 2. The summed E-state index contributed by atoms with van der Waals surface area (Å²) in [4.78, 5) is 23.2. The highest BCUT2D eigenvalue weighted by Gasteiger charge is 2.66. The minimum atomic E-state index is -0.834. The largest absolute Gasteiger partial charge is 0.371 e. The maximum absolute atomic E-state index is 11.7. The van der Waals surface area contributed by atoms with Crippen LogP contribution in [0.15, 0.2) is 11.1 Å². The van der Waals surface area contributed by atoms with Gasteiger partial charge >= 0.3 is 0 Å². The van der Waals surface area contributed by atoms with Crippen LogP contribution in [0.4, 0.5) is 0 Å². The van der Waals surface area contributed by atoms with E-state index in [-0.39, 0.29) is 5.57 Å². The molecule has 6 nitrogen and oxygen atoms in total. The molecule has 2 unspecified atom stereocenters. The van der Waals surface area contributed by atoms with Gasteiger partial charge in [-0.05, 0) is 12.8 Å². The molecule has 0 bridgehead atoms. The molecule has 0 saturated carbocycles. The van der Waals surface area contributed by atoms with Crippen molar-refractivity contribution in [1.29, 1.82) is 0 Å². The lowest BCUT2D eigenvalue weighted by atomic mass is 9.61. The standard InChI is InChI=1S/C12H16N2O4/c13-9(15)7-1-2-11(3-5-17-11)12(4-6-18-12)8(7)10(14)16/h1-6H2,(H2,13,15)(H2,14,16). The van der Waals surface area contributed by atoms with E-state index in [0.717, 1.165) is 6.42 Å². The summed E-state index contributed by atoms with van der Waals surface area (Å²) in [6.07, 6.45) is 2.57. The Labute approximate surface area is 104 Å². The Kier molecular flexibility index (Phi) is 2.30. The van der Waals surface area contributed by atoms with Crippen molar-refractivity contribution < 1.29 is 19.1 Å². The maximum atomic E-state index is 11.7. The highest BCUT2D eigenvalue weighted by Crippen LogP contribution is 2.56. The molecule has 18 heavy (non-hydrogen) atoms. The number of hydrogen-bond donors (Lipinski definition) is 2. The van der Waals surface area contributed by atoms with E-state index in [1.807, 2.05) is 0 Å². The van der Waals surface area contributed by atoms with Crippen molar-refractivity contribution in [1.82, 2.24) is 0 Å². The first-order valence-corrected chi connectivity index (χ1v) is 6.14. The molecule has 0 aromatic carbocycles. The van der Waals surface area contributed by atoms with Gasteiger partial charge in [0.05, 0.1) is 18.8 Å². The summed E-state index contributed by atoms with van der Waals surface area (Å²) < 4.78 is 11.4. The van der Waals surface area contributed by atoms with Crippen molar-refractivity contribution in [3.8, 4) is 0 Å². The van der Waals surface area contributed by atoms with Crippen LogP contribution in [0.3, 0.4) is 0 Å². The molecule has 0 aromatic heterocycles. The van der Waals surface area contributed by atoms with Crippen LogP contribution >= 0.6 is 0 Å². The zero-order valence-corrected chi connectivity index (χ0v) is 10.0. The first-order chi connectivity index (χ1) is 8.52. The molecule has 3 aliphatic rings. The fourth-order valence-electron chi connectivity index (χ4n) is 3.45. The van der Waals surface area contributed by atoms with Crippen LogP contribution < -0.4 is 11.5 Å². The lowest BCUT2D eigenvalue weighted by Crippen LogP contribution is -2.71. The Hall–Kier alpha value is -1.40. The second-order valence-electron chi connectivity index (χ2n) is 5.10. The molecule has 1 aliphatic carbocycles. The Bertz CT molecular complexity index is 461.